The first-order valence-corrected chi connectivity index (χ1v) is 11.5. The van der Waals surface area contributed by atoms with Crippen molar-refractivity contribution < 1.29 is 19.1 Å². The van der Waals surface area contributed by atoms with Gasteiger partial charge in [-0.15, -0.1) is 0 Å². The number of hydrogen-bond acceptors (Lipinski definition) is 3. The number of carbonyl (C=O) groups excluding carboxylic acids is 1. The molecule has 0 bridgehead atoms. The standard InChI is InChI=1S/C17H33NO4Si/c1-8-17(9-2)12-13(18(14(17)19)15(20)21)10-11-22-23(6,7)16(3,4)5/h13H,8-12H2,1-7H3,(H,20,21)/t13-/m0/s1. The van der Waals surface area contributed by atoms with Crippen LogP contribution in [0.3, 0.4) is 0 Å². The fourth-order valence-electron chi connectivity index (χ4n) is 3.03. The Labute approximate surface area is 141 Å². The molecule has 2 amide bonds. The number of carboxylic acid groups (broad SMARTS) is 1. The van der Waals surface area contributed by atoms with Crippen molar-refractivity contribution in [3.05, 3.63) is 0 Å². The molecule has 134 valence electrons. The molecule has 23 heavy (non-hydrogen) atoms. The number of hydrogen-bond donors (Lipinski definition) is 1. The molecule has 5 nitrogen and oxygen atoms in total. The average molecular weight is 344 g/mol. The van der Waals surface area contributed by atoms with Gasteiger partial charge in [-0.1, -0.05) is 34.6 Å². The Morgan fingerprint density at radius 3 is 2.26 bits per heavy atom. The van der Waals surface area contributed by atoms with Crippen LogP contribution in [0, 0.1) is 5.41 Å². The molecule has 1 atom stereocenters. The molecule has 0 spiro atoms. The lowest BCUT2D eigenvalue weighted by Crippen LogP contribution is -2.43. The zero-order valence-corrected chi connectivity index (χ0v) is 16.7. The average Bonchev–Trinajstić information content (AvgIpc) is 2.70. The zero-order chi connectivity index (χ0) is 18.1. The molecule has 0 unspecified atom stereocenters. The minimum absolute atomic E-state index is 0.127. The maximum Gasteiger partial charge on any atom is 0.414 e. The second-order valence-electron chi connectivity index (χ2n) is 8.20. The highest BCUT2D eigenvalue weighted by molar-refractivity contribution is 6.74. The highest BCUT2D eigenvalue weighted by Gasteiger charge is 2.51. The van der Waals surface area contributed by atoms with Crippen molar-refractivity contribution in [3.63, 3.8) is 0 Å². The Balaban J connectivity index is 2.79. The number of amides is 2. The molecule has 1 fully saturated rings. The molecule has 0 aromatic rings. The monoisotopic (exact) mass is 343 g/mol. The van der Waals surface area contributed by atoms with E-state index in [1.54, 1.807) is 0 Å². The van der Waals surface area contributed by atoms with Gasteiger partial charge in [-0.3, -0.25) is 4.79 Å². The topological polar surface area (TPSA) is 66.8 Å². The molecule has 1 aliphatic rings. The molecule has 0 aliphatic carbocycles. The van der Waals surface area contributed by atoms with Gasteiger partial charge in [0.2, 0.25) is 5.91 Å². The van der Waals surface area contributed by atoms with Gasteiger partial charge in [0, 0.05) is 12.6 Å². The zero-order valence-electron chi connectivity index (χ0n) is 15.7. The van der Waals surface area contributed by atoms with E-state index in [1.165, 1.54) is 0 Å². The Morgan fingerprint density at radius 2 is 1.87 bits per heavy atom. The molecule has 6 heteroatoms. The van der Waals surface area contributed by atoms with Gasteiger partial charge in [-0.05, 0) is 43.8 Å². The lowest BCUT2D eigenvalue weighted by Gasteiger charge is -2.36. The van der Waals surface area contributed by atoms with Gasteiger partial charge in [-0.25, -0.2) is 9.69 Å². The predicted octanol–water partition coefficient (Wildman–Crippen LogP) is 4.48. The summed E-state index contributed by atoms with van der Waals surface area (Å²) in [7, 11) is -1.85. The molecule has 1 rings (SSSR count). The third-order valence-electron chi connectivity index (χ3n) is 5.94. The van der Waals surface area contributed by atoms with E-state index < -0.39 is 19.8 Å². The number of carbonyl (C=O) groups is 2. The maximum absolute atomic E-state index is 12.6. The van der Waals surface area contributed by atoms with Crippen molar-refractivity contribution in [1.82, 2.24) is 4.90 Å². The smallest absolute Gasteiger partial charge is 0.414 e. The summed E-state index contributed by atoms with van der Waals surface area (Å²) < 4.78 is 6.16. The van der Waals surface area contributed by atoms with Gasteiger partial charge in [0.05, 0.1) is 5.41 Å². The Morgan fingerprint density at radius 1 is 1.35 bits per heavy atom. The van der Waals surface area contributed by atoms with Crippen LogP contribution >= 0.6 is 0 Å². The largest absolute Gasteiger partial charge is 0.465 e. The summed E-state index contributed by atoms with van der Waals surface area (Å²) in [6.45, 7) is 15.4. The lowest BCUT2D eigenvalue weighted by molar-refractivity contribution is -0.135. The summed E-state index contributed by atoms with van der Waals surface area (Å²) in [6.07, 6.45) is 1.45. The van der Waals surface area contributed by atoms with Crippen molar-refractivity contribution in [2.45, 2.75) is 84.5 Å². The van der Waals surface area contributed by atoms with E-state index >= 15 is 0 Å². The van der Waals surface area contributed by atoms with Gasteiger partial charge in [0.25, 0.3) is 0 Å². The SMILES string of the molecule is CCC1(CC)C[C@H](CCO[Si](C)(C)C(C)(C)C)N(C(=O)O)C1=O. The molecule has 1 N–H and O–H groups in total. The highest BCUT2D eigenvalue weighted by Crippen LogP contribution is 2.43. The van der Waals surface area contributed by atoms with Crippen molar-refractivity contribution in [2.24, 2.45) is 5.41 Å². The van der Waals surface area contributed by atoms with E-state index in [4.69, 9.17) is 4.43 Å². The first-order chi connectivity index (χ1) is 10.4. The van der Waals surface area contributed by atoms with Crippen LogP contribution in [0.25, 0.3) is 0 Å². The first-order valence-electron chi connectivity index (χ1n) is 8.62. The minimum atomic E-state index is -1.85. The molecule has 0 aromatic heterocycles. The Hall–Kier alpha value is -0.883. The fraction of sp³-hybridized carbons (Fsp3) is 0.882. The molecule has 0 radical (unpaired) electrons. The summed E-state index contributed by atoms with van der Waals surface area (Å²) in [6, 6.07) is -0.260. The van der Waals surface area contributed by atoms with Crippen LogP contribution in [0.5, 0.6) is 0 Å². The van der Waals surface area contributed by atoms with Gasteiger partial charge in [0.1, 0.15) is 0 Å². The van der Waals surface area contributed by atoms with Crippen LogP contribution < -0.4 is 0 Å². The number of nitrogens with zero attached hydrogens (tertiary/aromatic N) is 1. The van der Waals surface area contributed by atoms with Crippen LogP contribution in [-0.2, 0) is 9.22 Å². The Kier molecular flexibility index (Phi) is 6.07. The van der Waals surface area contributed by atoms with Crippen LogP contribution in [-0.4, -0.2) is 43.0 Å². The molecule has 1 heterocycles. The molecule has 0 aromatic carbocycles. The van der Waals surface area contributed by atoms with Crippen molar-refractivity contribution in [2.75, 3.05) is 6.61 Å². The van der Waals surface area contributed by atoms with Gasteiger partial charge < -0.3 is 9.53 Å². The molecule has 1 saturated heterocycles. The normalized spacial score (nSPS) is 21.8. The summed E-state index contributed by atoms with van der Waals surface area (Å²) >= 11 is 0. The van der Waals surface area contributed by atoms with Crippen LogP contribution in [0.1, 0.15) is 60.3 Å². The fourth-order valence-corrected chi connectivity index (χ4v) is 4.09. The van der Waals surface area contributed by atoms with E-state index in [0.717, 1.165) is 4.90 Å². The van der Waals surface area contributed by atoms with Gasteiger partial charge in [-0.2, -0.15) is 0 Å². The second-order valence-corrected chi connectivity index (χ2v) is 13.0. The quantitative estimate of drug-likeness (QED) is 0.722. The highest BCUT2D eigenvalue weighted by atomic mass is 28.4. The first kappa shape index (κ1) is 20.2. The van der Waals surface area contributed by atoms with Crippen molar-refractivity contribution >= 4 is 20.3 Å². The van der Waals surface area contributed by atoms with Crippen molar-refractivity contribution in [1.29, 1.82) is 0 Å². The van der Waals surface area contributed by atoms with Crippen LogP contribution in [0.4, 0.5) is 4.79 Å². The van der Waals surface area contributed by atoms with Crippen LogP contribution in [0.2, 0.25) is 18.1 Å². The summed E-state index contributed by atoms with van der Waals surface area (Å²) in [5.74, 6) is -0.229. The lowest BCUT2D eigenvalue weighted by atomic mass is 9.79. The predicted molar refractivity (Wildman–Crippen MR) is 94.1 cm³/mol. The van der Waals surface area contributed by atoms with Gasteiger partial charge >= 0.3 is 6.09 Å². The van der Waals surface area contributed by atoms with Gasteiger partial charge in [0.15, 0.2) is 8.32 Å². The molecular formula is C17H33NO4Si. The maximum atomic E-state index is 12.6. The number of imide groups is 1. The number of likely N-dealkylation sites (tertiary alicyclic amines) is 1. The van der Waals surface area contributed by atoms with E-state index in [1.807, 2.05) is 13.8 Å². The van der Waals surface area contributed by atoms with E-state index in [2.05, 4.69) is 33.9 Å². The molecular weight excluding hydrogens is 310 g/mol. The minimum Gasteiger partial charge on any atom is -0.465 e. The number of rotatable bonds is 6. The molecule has 0 saturated carbocycles. The molecule has 1 aliphatic heterocycles. The second kappa shape index (κ2) is 6.93. The van der Waals surface area contributed by atoms with Crippen LogP contribution in [0.15, 0.2) is 0 Å². The Bertz CT molecular complexity index is 452. The summed E-state index contributed by atoms with van der Waals surface area (Å²) in [5, 5.41) is 9.57. The third-order valence-corrected chi connectivity index (χ3v) is 10.5. The van der Waals surface area contributed by atoms with E-state index in [9.17, 15) is 14.7 Å². The van der Waals surface area contributed by atoms with Crippen molar-refractivity contribution in [3.8, 4) is 0 Å². The summed E-state index contributed by atoms with van der Waals surface area (Å²) in [4.78, 5) is 25.2. The van der Waals surface area contributed by atoms with E-state index in [0.29, 0.717) is 32.3 Å². The van der Waals surface area contributed by atoms with E-state index in [-0.39, 0.29) is 17.0 Å². The summed E-state index contributed by atoms with van der Waals surface area (Å²) in [5.41, 5.74) is -0.514. The third kappa shape index (κ3) is 3.97.